The van der Waals surface area contributed by atoms with Gasteiger partial charge in [-0.05, 0) is 26.7 Å². The Bertz CT molecular complexity index is 344. The first-order chi connectivity index (χ1) is 7.97. The van der Waals surface area contributed by atoms with E-state index in [4.69, 9.17) is 4.74 Å². The summed E-state index contributed by atoms with van der Waals surface area (Å²) in [6.45, 7) is 5.36. The molecule has 5 nitrogen and oxygen atoms in total. The van der Waals surface area contributed by atoms with Crippen LogP contribution in [0.3, 0.4) is 0 Å². The van der Waals surface area contributed by atoms with E-state index in [9.17, 15) is 8.42 Å². The fourth-order valence-corrected chi connectivity index (χ4v) is 3.67. The average Bonchev–Trinajstić information content (AvgIpc) is 3.00. The van der Waals surface area contributed by atoms with Crippen molar-refractivity contribution in [3.63, 3.8) is 0 Å². The van der Waals surface area contributed by atoms with Gasteiger partial charge in [-0.25, -0.2) is 8.42 Å². The van der Waals surface area contributed by atoms with Crippen LogP contribution >= 0.6 is 0 Å². The lowest BCUT2D eigenvalue weighted by Gasteiger charge is -2.34. The minimum Gasteiger partial charge on any atom is -0.373 e. The molecule has 1 heterocycles. The van der Waals surface area contributed by atoms with Crippen molar-refractivity contribution in [2.24, 2.45) is 0 Å². The second-order valence-corrected chi connectivity index (χ2v) is 7.21. The topological polar surface area (TPSA) is 58.6 Å². The maximum Gasteiger partial charge on any atom is 0.215 e. The summed E-state index contributed by atoms with van der Waals surface area (Å²) in [6, 6.07) is 0.563. The van der Waals surface area contributed by atoms with Gasteiger partial charge in [0.25, 0.3) is 0 Å². The summed E-state index contributed by atoms with van der Waals surface area (Å²) in [4.78, 5) is 0. The van der Waals surface area contributed by atoms with E-state index in [1.54, 1.807) is 4.31 Å². The minimum atomic E-state index is -3.13. The normalized spacial score (nSPS) is 31.6. The Hall–Kier alpha value is -0.170. The maximum atomic E-state index is 12.1. The Kier molecular flexibility index (Phi) is 4.07. The smallest absolute Gasteiger partial charge is 0.215 e. The molecule has 2 rings (SSSR count). The van der Waals surface area contributed by atoms with E-state index in [2.05, 4.69) is 5.32 Å². The Morgan fingerprint density at radius 2 is 1.82 bits per heavy atom. The number of hydrogen-bond donors (Lipinski definition) is 1. The van der Waals surface area contributed by atoms with Gasteiger partial charge >= 0.3 is 0 Å². The van der Waals surface area contributed by atoms with Gasteiger partial charge in [0.1, 0.15) is 0 Å². The molecule has 6 heteroatoms. The van der Waals surface area contributed by atoms with Gasteiger partial charge in [-0.3, -0.25) is 0 Å². The molecule has 0 bridgehead atoms. The zero-order chi connectivity index (χ0) is 12.5. The summed E-state index contributed by atoms with van der Waals surface area (Å²) < 4.78 is 31.3. The van der Waals surface area contributed by atoms with Crippen LogP contribution in [0.15, 0.2) is 0 Å². The zero-order valence-corrected chi connectivity index (χ0v) is 11.4. The predicted octanol–water partition coefficient (Wildman–Crippen LogP) is 0.177. The summed E-state index contributed by atoms with van der Waals surface area (Å²) in [5.74, 6) is 0.197. The van der Waals surface area contributed by atoms with Crippen LogP contribution in [0.25, 0.3) is 0 Å². The molecule has 0 spiro atoms. The first-order valence-electron chi connectivity index (χ1n) is 6.34. The lowest BCUT2D eigenvalue weighted by molar-refractivity contribution is -0.0440. The third kappa shape index (κ3) is 3.91. The molecule has 0 unspecified atom stereocenters. The Morgan fingerprint density at radius 3 is 2.35 bits per heavy atom. The van der Waals surface area contributed by atoms with Crippen molar-refractivity contribution in [3.05, 3.63) is 0 Å². The van der Waals surface area contributed by atoms with Crippen molar-refractivity contribution in [3.8, 4) is 0 Å². The van der Waals surface area contributed by atoms with E-state index in [0.717, 1.165) is 0 Å². The summed E-state index contributed by atoms with van der Waals surface area (Å²) in [6.07, 6.45) is 2.35. The van der Waals surface area contributed by atoms with Gasteiger partial charge in [0, 0.05) is 25.7 Å². The fraction of sp³-hybridized carbons (Fsp3) is 1.00. The van der Waals surface area contributed by atoms with Crippen molar-refractivity contribution in [2.75, 3.05) is 25.4 Å². The van der Waals surface area contributed by atoms with Crippen LogP contribution in [0.1, 0.15) is 26.7 Å². The van der Waals surface area contributed by atoms with Gasteiger partial charge in [0.05, 0.1) is 18.0 Å². The highest BCUT2D eigenvalue weighted by molar-refractivity contribution is 7.89. The van der Waals surface area contributed by atoms with Crippen LogP contribution in [0.4, 0.5) is 0 Å². The van der Waals surface area contributed by atoms with Gasteiger partial charge in [0.2, 0.25) is 10.0 Å². The SMILES string of the molecule is C[C@@H]1CN(S(=O)(=O)CCNC2CC2)C[C@H](C)O1. The van der Waals surface area contributed by atoms with Crippen molar-refractivity contribution < 1.29 is 13.2 Å². The standard InChI is InChI=1S/C11H22N2O3S/c1-9-7-13(8-10(2)16-9)17(14,15)6-5-12-11-3-4-11/h9-12H,3-8H2,1-2H3/t9-,10+. The van der Waals surface area contributed by atoms with E-state index in [1.165, 1.54) is 12.8 Å². The molecule has 1 N–H and O–H groups in total. The molecule has 0 radical (unpaired) electrons. The molecule has 17 heavy (non-hydrogen) atoms. The molecular formula is C11H22N2O3S. The Balaban J connectivity index is 1.84. The number of hydrogen-bond acceptors (Lipinski definition) is 4. The molecule has 2 atom stereocenters. The summed E-state index contributed by atoms with van der Waals surface area (Å²) in [7, 11) is -3.13. The van der Waals surface area contributed by atoms with Crippen molar-refractivity contribution in [1.82, 2.24) is 9.62 Å². The van der Waals surface area contributed by atoms with Gasteiger partial charge in [0.15, 0.2) is 0 Å². The molecule has 1 aliphatic carbocycles. The summed E-state index contributed by atoms with van der Waals surface area (Å²) >= 11 is 0. The molecule has 2 aliphatic rings. The predicted molar refractivity (Wildman–Crippen MR) is 66.4 cm³/mol. The number of nitrogens with one attached hydrogen (secondary N) is 1. The number of sulfonamides is 1. The lowest BCUT2D eigenvalue weighted by atomic mass is 10.3. The lowest BCUT2D eigenvalue weighted by Crippen LogP contribution is -2.49. The summed E-state index contributed by atoms with van der Waals surface area (Å²) in [5.41, 5.74) is 0. The van der Waals surface area contributed by atoms with Crippen LogP contribution < -0.4 is 5.32 Å². The van der Waals surface area contributed by atoms with Gasteiger partial charge in [-0.15, -0.1) is 0 Å². The molecule has 1 saturated carbocycles. The van der Waals surface area contributed by atoms with Crippen molar-refractivity contribution in [2.45, 2.75) is 44.9 Å². The monoisotopic (exact) mass is 262 g/mol. The number of ether oxygens (including phenoxy) is 1. The fourth-order valence-electron chi connectivity index (χ4n) is 2.17. The third-order valence-electron chi connectivity index (χ3n) is 3.15. The average molecular weight is 262 g/mol. The highest BCUT2D eigenvalue weighted by Crippen LogP contribution is 2.18. The van der Waals surface area contributed by atoms with Crippen LogP contribution in [0.2, 0.25) is 0 Å². The van der Waals surface area contributed by atoms with Gasteiger partial charge in [-0.1, -0.05) is 0 Å². The van der Waals surface area contributed by atoms with Crippen LogP contribution in [-0.2, 0) is 14.8 Å². The number of rotatable bonds is 5. The van der Waals surface area contributed by atoms with E-state index < -0.39 is 10.0 Å². The third-order valence-corrected chi connectivity index (χ3v) is 4.95. The molecule has 2 fully saturated rings. The van der Waals surface area contributed by atoms with Crippen LogP contribution in [0, 0.1) is 0 Å². The highest BCUT2D eigenvalue weighted by Gasteiger charge is 2.31. The van der Waals surface area contributed by atoms with E-state index in [1.807, 2.05) is 13.8 Å². The van der Waals surface area contributed by atoms with Gasteiger partial charge < -0.3 is 10.1 Å². The van der Waals surface area contributed by atoms with Crippen molar-refractivity contribution in [1.29, 1.82) is 0 Å². The quantitative estimate of drug-likeness (QED) is 0.768. The summed E-state index contributed by atoms with van der Waals surface area (Å²) in [5, 5.41) is 3.24. The first-order valence-corrected chi connectivity index (χ1v) is 7.95. The maximum absolute atomic E-state index is 12.1. The molecule has 0 amide bonds. The van der Waals surface area contributed by atoms with Crippen LogP contribution in [0.5, 0.6) is 0 Å². The van der Waals surface area contributed by atoms with Crippen LogP contribution in [-0.4, -0.2) is 56.4 Å². The minimum absolute atomic E-state index is 0.00934. The van der Waals surface area contributed by atoms with E-state index in [0.29, 0.717) is 25.7 Å². The van der Waals surface area contributed by atoms with E-state index in [-0.39, 0.29) is 18.0 Å². The molecule has 0 aromatic rings. The second kappa shape index (κ2) is 5.22. The van der Waals surface area contributed by atoms with E-state index >= 15 is 0 Å². The highest BCUT2D eigenvalue weighted by atomic mass is 32.2. The molecule has 0 aromatic heterocycles. The zero-order valence-electron chi connectivity index (χ0n) is 10.6. The molecule has 0 aromatic carbocycles. The number of nitrogens with zero attached hydrogens (tertiary/aromatic N) is 1. The van der Waals surface area contributed by atoms with Crippen molar-refractivity contribution >= 4 is 10.0 Å². The largest absolute Gasteiger partial charge is 0.373 e. The molecule has 1 saturated heterocycles. The molecule has 1 aliphatic heterocycles. The molecular weight excluding hydrogens is 240 g/mol. The second-order valence-electron chi connectivity index (χ2n) is 5.12. The van der Waals surface area contributed by atoms with Gasteiger partial charge in [-0.2, -0.15) is 4.31 Å². The number of morpholine rings is 1. The Morgan fingerprint density at radius 1 is 1.24 bits per heavy atom. The molecule has 100 valence electrons. The Labute approximate surface area is 104 Å². The first kappa shape index (κ1) is 13.3.